The minimum Gasteiger partial charge on any atom is -0.477 e. The highest BCUT2D eigenvalue weighted by Gasteiger charge is 2.14. The summed E-state index contributed by atoms with van der Waals surface area (Å²) in [4.78, 5) is 22.7. The molecule has 0 aliphatic heterocycles. The van der Waals surface area contributed by atoms with Gasteiger partial charge in [0.05, 0.1) is 5.52 Å². The Morgan fingerprint density at radius 1 is 1.47 bits per heavy atom. The highest BCUT2D eigenvalue weighted by Crippen LogP contribution is 2.12. The second-order valence-corrected chi connectivity index (χ2v) is 3.65. The molecule has 0 amide bonds. The lowest BCUT2D eigenvalue weighted by Crippen LogP contribution is -2.23. The molecule has 0 saturated carbocycles. The average molecular weight is 235 g/mol. The first-order valence-corrected chi connectivity index (χ1v) is 5.11. The molecule has 0 bridgehead atoms. The van der Waals surface area contributed by atoms with Crippen LogP contribution < -0.4 is 5.56 Å². The number of halogens is 1. The van der Waals surface area contributed by atoms with E-state index in [0.29, 0.717) is 17.5 Å². The van der Waals surface area contributed by atoms with Crippen LogP contribution in [0.2, 0.25) is 0 Å². The third-order valence-electron chi connectivity index (χ3n) is 2.62. The summed E-state index contributed by atoms with van der Waals surface area (Å²) < 4.78 is 14.1. The minimum absolute atomic E-state index is 0.343. The summed E-state index contributed by atoms with van der Waals surface area (Å²) in [5, 5.41) is 8.91. The molecule has 0 aromatic carbocycles. The van der Waals surface area contributed by atoms with Crippen LogP contribution in [-0.4, -0.2) is 15.5 Å². The fraction of sp³-hybridized carbons (Fsp3) is 0.167. The van der Waals surface area contributed by atoms with Gasteiger partial charge in [0.25, 0.3) is 5.56 Å². The fourth-order valence-electron chi connectivity index (χ4n) is 1.78. The van der Waals surface area contributed by atoms with Gasteiger partial charge >= 0.3 is 5.97 Å². The van der Waals surface area contributed by atoms with Crippen molar-refractivity contribution in [1.82, 2.24) is 4.40 Å². The van der Waals surface area contributed by atoms with E-state index in [4.69, 9.17) is 5.11 Å². The number of aryl methyl sites for hydroxylation is 1. The molecular weight excluding hydrogens is 225 g/mol. The Kier molecular flexibility index (Phi) is 2.67. The van der Waals surface area contributed by atoms with Crippen LogP contribution >= 0.6 is 0 Å². The zero-order valence-corrected chi connectivity index (χ0v) is 9.11. The van der Waals surface area contributed by atoms with Crippen LogP contribution in [0.4, 0.5) is 4.39 Å². The Morgan fingerprint density at radius 2 is 2.18 bits per heavy atom. The summed E-state index contributed by atoms with van der Waals surface area (Å²) in [5.41, 5.74) is 0.167. The van der Waals surface area contributed by atoms with Crippen LogP contribution in [0.25, 0.3) is 5.52 Å². The lowest BCUT2D eigenvalue weighted by molar-refractivity contribution is 0.0694. The van der Waals surface area contributed by atoms with Gasteiger partial charge in [-0.3, -0.25) is 9.20 Å². The van der Waals surface area contributed by atoms with Gasteiger partial charge in [0, 0.05) is 6.20 Å². The smallest absolute Gasteiger partial charge is 0.341 e. The number of pyridine rings is 2. The summed E-state index contributed by atoms with van der Waals surface area (Å²) in [6.07, 6.45) is 1.57. The van der Waals surface area contributed by atoms with E-state index in [-0.39, 0.29) is 5.56 Å². The number of hydrogen-bond donors (Lipinski definition) is 1. The van der Waals surface area contributed by atoms with Crippen LogP contribution in [0.3, 0.4) is 0 Å². The quantitative estimate of drug-likeness (QED) is 0.861. The third-order valence-corrected chi connectivity index (χ3v) is 2.62. The molecule has 2 rings (SSSR count). The Morgan fingerprint density at radius 3 is 2.76 bits per heavy atom. The number of hydrogen-bond acceptors (Lipinski definition) is 2. The van der Waals surface area contributed by atoms with Gasteiger partial charge in [-0.15, -0.1) is 0 Å². The number of aromatic nitrogens is 1. The molecular formula is C12H10FNO3. The van der Waals surface area contributed by atoms with Gasteiger partial charge in [0.1, 0.15) is 11.4 Å². The van der Waals surface area contributed by atoms with E-state index in [9.17, 15) is 14.0 Å². The SMILES string of the molecule is CCc1cc(C(=O)O)c(=O)n2cc(F)ccc12. The van der Waals surface area contributed by atoms with Crippen molar-refractivity contribution in [2.45, 2.75) is 13.3 Å². The summed E-state index contributed by atoms with van der Waals surface area (Å²) in [5.74, 6) is -1.88. The molecule has 2 aromatic rings. The van der Waals surface area contributed by atoms with Gasteiger partial charge < -0.3 is 5.11 Å². The monoisotopic (exact) mass is 235 g/mol. The van der Waals surface area contributed by atoms with E-state index in [1.165, 1.54) is 18.2 Å². The number of carboxylic acid groups (broad SMARTS) is 1. The van der Waals surface area contributed by atoms with Crippen molar-refractivity contribution < 1.29 is 14.3 Å². The summed E-state index contributed by atoms with van der Waals surface area (Å²) in [7, 11) is 0. The number of carbonyl (C=O) groups is 1. The highest BCUT2D eigenvalue weighted by molar-refractivity contribution is 5.88. The lowest BCUT2D eigenvalue weighted by atomic mass is 10.1. The summed E-state index contributed by atoms with van der Waals surface area (Å²) in [6, 6.07) is 4.06. The third kappa shape index (κ3) is 1.80. The van der Waals surface area contributed by atoms with Crippen molar-refractivity contribution >= 4 is 11.5 Å². The average Bonchev–Trinajstić information content (AvgIpc) is 2.29. The van der Waals surface area contributed by atoms with Gasteiger partial charge in [0.15, 0.2) is 0 Å². The van der Waals surface area contributed by atoms with Gasteiger partial charge in [-0.1, -0.05) is 6.92 Å². The first-order valence-electron chi connectivity index (χ1n) is 5.11. The molecule has 0 fully saturated rings. The van der Waals surface area contributed by atoms with E-state index in [1.54, 1.807) is 0 Å². The van der Waals surface area contributed by atoms with Crippen LogP contribution in [0.1, 0.15) is 22.8 Å². The number of aromatic carboxylic acids is 1. The topological polar surface area (TPSA) is 58.8 Å². The molecule has 0 spiro atoms. The molecule has 0 saturated heterocycles. The van der Waals surface area contributed by atoms with Crippen molar-refractivity contribution in [3.63, 3.8) is 0 Å². The molecule has 88 valence electrons. The number of carboxylic acids is 1. The maximum atomic E-state index is 13.1. The van der Waals surface area contributed by atoms with Gasteiger partial charge in [-0.25, -0.2) is 9.18 Å². The molecule has 2 heterocycles. The molecule has 17 heavy (non-hydrogen) atoms. The normalized spacial score (nSPS) is 10.7. The van der Waals surface area contributed by atoms with E-state index in [0.717, 1.165) is 10.6 Å². The largest absolute Gasteiger partial charge is 0.477 e. The number of fused-ring (bicyclic) bond motifs is 1. The molecule has 0 aliphatic carbocycles. The lowest BCUT2D eigenvalue weighted by Gasteiger charge is -2.07. The first-order chi connectivity index (χ1) is 8.04. The maximum Gasteiger partial charge on any atom is 0.341 e. The maximum absolute atomic E-state index is 13.1. The standard InChI is InChI=1S/C12H10FNO3/c1-2-7-5-9(12(16)17)11(15)14-6-8(13)3-4-10(7)14/h3-6H,2H2,1H3,(H,16,17). The van der Waals surface area contributed by atoms with E-state index < -0.39 is 17.3 Å². The predicted octanol–water partition coefficient (Wildman–Crippen LogP) is 1.70. The van der Waals surface area contributed by atoms with Crippen LogP contribution in [0.15, 0.2) is 29.2 Å². The Bertz CT molecular complexity index is 661. The van der Waals surface area contributed by atoms with Crippen molar-refractivity contribution in [3.05, 3.63) is 51.7 Å². The molecule has 4 nitrogen and oxygen atoms in total. The predicted molar refractivity (Wildman–Crippen MR) is 60.0 cm³/mol. The fourth-order valence-corrected chi connectivity index (χ4v) is 1.78. The van der Waals surface area contributed by atoms with Crippen molar-refractivity contribution in [3.8, 4) is 0 Å². The van der Waals surface area contributed by atoms with E-state index in [1.807, 2.05) is 6.92 Å². The van der Waals surface area contributed by atoms with Crippen molar-refractivity contribution in [2.24, 2.45) is 0 Å². The molecule has 5 heteroatoms. The zero-order valence-electron chi connectivity index (χ0n) is 9.11. The van der Waals surface area contributed by atoms with Gasteiger partial charge in [0.2, 0.25) is 0 Å². The molecule has 0 atom stereocenters. The molecule has 0 unspecified atom stereocenters. The van der Waals surface area contributed by atoms with Gasteiger partial charge in [-0.05, 0) is 30.2 Å². The molecule has 2 aromatic heterocycles. The Balaban J connectivity index is 2.96. The van der Waals surface area contributed by atoms with Gasteiger partial charge in [-0.2, -0.15) is 0 Å². The zero-order chi connectivity index (χ0) is 12.6. The van der Waals surface area contributed by atoms with Crippen LogP contribution in [0.5, 0.6) is 0 Å². The molecule has 0 radical (unpaired) electrons. The first kappa shape index (κ1) is 11.3. The molecule has 0 aliphatic rings. The van der Waals surface area contributed by atoms with Crippen LogP contribution in [-0.2, 0) is 6.42 Å². The summed E-state index contributed by atoms with van der Waals surface area (Å²) >= 11 is 0. The van der Waals surface area contributed by atoms with Crippen molar-refractivity contribution in [1.29, 1.82) is 0 Å². The Hall–Kier alpha value is -2.17. The minimum atomic E-state index is -1.30. The number of rotatable bonds is 2. The Labute approximate surface area is 95.9 Å². The number of nitrogens with zero attached hydrogens (tertiary/aromatic N) is 1. The van der Waals surface area contributed by atoms with E-state index in [2.05, 4.69) is 0 Å². The second-order valence-electron chi connectivity index (χ2n) is 3.65. The van der Waals surface area contributed by atoms with Crippen molar-refractivity contribution in [2.75, 3.05) is 0 Å². The summed E-state index contributed by atoms with van der Waals surface area (Å²) in [6.45, 7) is 1.84. The highest BCUT2D eigenvalue weighted by atomic mass is 19.1. The second kappa shape index (κ2) is 4.01. The van der Waals surface area contributed by atoms with E-state index >= 15 is 0 Å². The van der Waals surface area contributed by atoms with Crippen LogP contribution in [0, 0.1) is 5.82 Å². The molecule has 1 N–H and O–H groups in total.